The molecule has 2 heterocycles. The van der Waals surface area contributed by atoms with Crippen molar-refractivity contribution in [3.8, 4) is 0 Å². The summed E-state index contributed by atoms with van der Waals surface area (Å²) in [5.74, 6) is 0.572. The van der Waals surface area contributed by atoms with Crippen molar-refractivity contribution in [3.05, 3.63) is 28.3 Å². The van der Waals surface area contributed by atoms with Crippen molar-refractivity contribution in [2.45, 2.75) is 13.8 Å². The number of hydrogen-bond acceptors (Lipinski definition) is 4. The van der Waals surface area contributed by atoms with Gasteiger partial charge in [0.25, 0.3) is 0 Å². The first-order valence-corrected chi connectivity index (χ1v) is 5.62. The largest absolute Gasteiger partial charge is 0.321 e. The minimum Gasteiger partial charge on any atom is -0.321 e. The topological polar surface area (TPSA) is 55.6 Å². The first-order chi connectivity index (χ1) is 7.58. The van der Waals surface area contributed by atoms with Crippen molar-refractivity contribution in [2.24, 2.45) is 7.05 Å². The second kappa shape index (κ2) is 4.21. The van der Waals surface area contributed by atoms with E-state index < -0.39 is 0 Å². The molecule has 0 aliphatic heterocycles. The fraction of sp³-hybridized carbons (Fsp3) is 0.300. The Bertz CT molecular complexity index is 503. The van der Waals surface area contributed by atoms with Crippen LogP contribution in [0, 0.1) is 13.8 Å². The first-order valence-electron chi connectivity index (χ1n) is 4.82. The van der Waals surface area contributed by atoms with Crippen LogP contribution < -0.4 is 5.32 Å². The van der Waals surface area contributed by atoms with E-state index in [-0.39, 0.29) is 0 Å². The highest BCUT2D eigenvalue weighted by Gasteiger charge is 2.10. The Morgan fingerprint density at radius 1 is 1.25 bits per heavy atom. The van der Waals surface area contributed by atoms with Gasteiger partial charge in [0.15, 0.2) is 0 Å². The zero-order valence-corrected chi connectivity index (χ0v) is 10.9. The maximum Gasteiger partial charge on any atom is 0.227 e. The lowest BCUT2D eigenvalue weighted by atomic mass is 10.3. The lowest BCUT2D eigenvalue weighted by Gasteiger charge is -2.04. The van der Waals surface area contributed by atoms with Crippen LogP contribution in [0.5, 0.6) is 0 Å². The van der Waals surface area contributed by atoms with Gasteiger partial charge in [-0.1, -0.05) is 0 Å². The average molecular weight is 282 g/mol. The molecule has 0 atom stereocenters. The van der Waals surface area contributed by atoms with E-state index in [9.17, 15) is 0 Å². The monoisotopic (exact) mass is 281 g/mol. The molecular formula is C10H12BrN5. The number of rotatable bonds is 2. The van der Waals surface area contributed by atoms with E-state index in [1.165, 1.54) is 0 Å². The van der Waals surface area contributed by atoms with E-state index in [0.29, 0.717) is 5.95 Å². The molecule has 2 aromatic heterocycles. The second-order valence-electron chi connectivity index (χ2n) is 3.52. The van der Waals surface area contributed by atoms with Crippen LogP contribution in [0.2, 0.25) is 0 Å². The Morgan fingerprint density at radius 2 is 1.88 bits per heavy atom. The molecule has 6 heteroatoms. The molecule has 0 aliphatic carbocycles. The van der Waals surface area contributed by atoms with Gasteiger partial charge >= 0.3 is 0 Å². The van der Waals surface area contributed by atoms with E-state index in [2.05, 4.69) is 36.3 Å². The van der Waals surface area contributed by atoms with Crippen molar-refractivity contribution in [2.75, 3.05) is 5.32 Å². The number of aryl methyl sites for hydroxylation is 2. The highest BCUT2D eigenvalue weighted by Crippen LogP contribution is 2.21. The molecule has 0 saturated carbocycles. The molecule has 84 valence electrons. The van der Waals surface area contributed by atoms with Crippen molar-refractivity contribution in [1.82, 2.24) is 19.7 Å². The first kappa shape index (κ1) is 11.1. The van der Waals surface area contributed by atoms with Crippen molar-refractivity contribution in [3.63, 3.8) is 0 Å². The molecule has 0 spiro atoms. The predicted octanol–water partition coefficient (Wildman–Crippen LogP) is 2.33. The molecule has 0 fully saturated rings. The summed E-state index contributed by atoms with van der Waals surface area (Å²) in [6, 6.07) is 0. The van der Waals surface area contributed by atoms with Gasteiger partial charge in [-0.2, -0.15) is 5.10 Å². The summed E-state index contributed by atoms with van der Waals surface area (Å²) in [6.45, 7) is 3.95. The third-order valence-electron chi connectivity index (χ3n) is 2.37. The van der Waals surface area contributed by atoms with Crippen LogP contribution in [-0.2, 0) is 7.05 Å². The van der Waals surface area contributed by atoms with Crippen LogP contribution in [0.1, 0.15) is 11.4 Å². The Morgan fingerprint density at radius 3 is 2.38 bits per heavy atom. The van der Waals surface area contributed by atoms with Gasteiger partial charge in [-0.05, 0) is 29.8 Å². The molecule has 0 aromatic carbocycles. The molecular weight excluding hydrogens is 270 g/mol. The van der Waals surface area contributed by atoms with E-state index in [1.807, 2.05) is 25.6 Å². The van der Waals surface area contributed by atoms with Crippen LogP contribution in [0.15, 0.2) is 16.9 Å². The summed E-state index contributed by atoms with van der Waals surface area (Å²) in [5, 5.41) is 7.48. The normalized spacial score (nSPS) is 10.5. The SMILES string of the molecule is Cc1nn(C)c(C)c1Nc1ncc(Br)cn1. The number of aromatic nitrogens is 4. The minimum atomic E-state index is 0.572. The highest BCUT2D eigenvalue weighted by atomic mass is 79.9. The van der Waals surface area contributed by atoms with Gasteiger partial charge in [-0.15, -0.1) is 0 Å². The average Bonchev–Trinajstić information content (AvgIpc) is 2.48. The third kappa shape index (κ3) is 2.06. The summed E-state index contributed by atoms with van der Waals surface area (Å²) < 4.78 is 2.69. The van der Waals surface area contributed by atoms with Gasteiger partial charge in [0, 0.05) is 19.4 Å². The van der Waals surface area contributed by atoms with Gasteiger partial charge in [-0.25, -0.2) is 9.97 Å². The zero-order chi connectivity index (χ0) is 11.7. The maximum atomic E-state index is 4.31. The van der Waals surface area contributed by atoms with E-state index >= 15 is 0 Å². The van der Waals surface area contributed by atoms with Crippen LogP contribution >= 0.6 is 15.9 Å². The number of anilines is 2. The lowest BCUT2D eigenvalue weighted by molar-refractivity contribution is 0.731. The van der Waals surface area contributed by atoms with Crippen molar-refractivity contribution < 1.29 is 0 Å². The van der Waals surface area contributed by atoms with Crippen molar-refractivity contribution >= 4 is 27.6 Å². The molecule has 16 heavy (non-hydrogen) atoms. The second-order valence-corrected chi connectivity index (χ2v) is 4.43. The molecule has 0 amide bonds. The van der Waals surface area contributed by atoms with Gasteiger partial charge in [0.05, 0.1) is 21.5 Å². The molecule has 5 nitrogen and oxygen atoms in total. The number of nitrogens with one attached hydrogen (secondary N) is 1. The molecule has 0 saturated heterocycles. The molecule has 1 N–H and O–H groups in total. The van der Waals surface area contributed by atoms with E-state index in [1.54, 1.807) is 12.4 Å². The maximum absolute atomic E-state index is 4.31. The quantitative estimate of drug-likeness (QED) is 0.918. The van der Waals surface area contributed by atoms with E-state index in [4.69, 9.17) is 0 Å². The Labute approximate surface area is 102 Å². The van der Waals surface area contributed by atoms with Crippen LogP contribution in [0.25, 0.3) is 0 Å². The standard InChI is InChI=1S/C10H12BrN5/c1-6-9(7(2)16(3)15-6)14-10-12-4-8(11)5-13-10/h4-5H,1-3H3,(H,12,13,14). The summed E-state index contributed by atoms with van der Waals surface area (Å²) in [4.78, 5) is 8.32. The Kier molecular flexibility index (Phi) is 2.91. The molecule has 0 aliphatic rings. The highest BCUT2D eigenvalue weighted by molar-refractivity contribution is 9.10. The van der Waals surface area contributed by atoms with Gasteiger partial charge in [0.2, 0.25) is 5.95 Å². The summed E-state index contributed by atoms with van der Waals surface area (Å²) in [7, 11) is 1.91. The summed E-state index contributed by atoms with van der Waals surface area (Å²) in [5.41, 5.74) is 2.96. The minimum absolute atomic E-state index is 0.572. The van der Waals surface area contributed by atoms with Crippen LogP contribution in [-0.4, -0.2) is 19.7 Å². The fourth-order valence-corrected chi connectivity index (χ4v) is 1.65. The van der Waals surface area contributed by atoms with Gasteiger partial charge in [-0.3, -0.25) is 4.68 Å². The molecule has 0 bridgehead atoms. The van der Waals surface area contributed by atoms with Crippen molar-refractivity contribution in [1.29, 1.82) is 0 Å². The van der Waals surface area contributed by atoms with Crippen LogP contribution in [0.3, 0.4) is 0 Å². The van der Waals surface area contributed by atoms with Gasteiger partial charge < -0.3 is 5.32 Å². The smallest absolute Gasteiger partial charge is 0.227 e. The molecule has 0 radical (unpaired) electrons. The third-order valence-corrected chi connectivity index (χ3v) is 2.78. The Hall–Kier alpha value is -1.43. The number of halogens is 1. The van der Waals surface area contributed by atoms with E-state index in [0.717, 1.165) is 21.5 Å². The van der Waals surface area contributed by atoms with Crippen LogP contribution in [0.4, 0.5) is 11.6 Å². The number of hydrogen-bond donors (Lipinski definition) is 1. The molecule has 2 rings (SSSR count). The predicted molar refractivity (Wildman–Crippen MR) is 65.7 cm³/mol. The molecule has 0 unspecified atom stereocenters. The van der Waals surface area contributed by atoms with Gasteiger partial charge in [0.1, 0.15) is 0 Å². The summed E-state index contributed by atoms with van der Waals surface area (Å²) >= 11 is 3.29. The molecule has 2 aromatic rings. The fourth-order valence-electron chi connectivity index (χ4n) is 1.44. The number of nitrogens with zero attached hydrogens (tertiary/aromatic N) is 4. The Balaban J connectivity index is 2.30. The lowest BCUT2D eigenvalue weighted by Crippen LogP contribution is -1.99. The summed E-state index contributed by atoms with van der Waals surface area (Å²) in [6.07, 6.45) is 3.41. The zero-order valence-electron chi connectivity index (χ0n) is 9.32.